The highest BCUT2D eigenvalue weighted by atomic mass is 16.5. The second-order valence-corrected chi connectivity index (χ2v) is 5.36. The van der Waals surface area contributed by atoms with Gasteiger partial charge >= 0.3 is 12.0 Å². The third-order valence-electron chi connectivity index (χ3n) is 3.77. The predicted octanol–water partition coefficient (Wildman–Crippen LogP) is 0.258. The lowest BCUT2D eigenvalue weighted by Crippen LogP contribution is -2.50. The number of methoxy groups -OCH3 is 1. The number of carbonyl (C=O) groups is 2. The minimum Gasteiger partial charge on any atom is -0.481 e. The van der Waals surface area contributed by atoms with Crippen LogP contribution in [0.4, 0.5) is 4.79 Å². The number of aliphatic carboxylic acids is 1. The number of hydrogen-bond acceptors (Lipinski definition) is 4. The second kappa shape index (κ2) is 8.06. The molecule has 1 aliphatic rings. The lowest BCUT2D eigenvalue weighted by molar-refractivity contribution is -0.139. The Balaban J connectivity index is 2.27. The Morgan fingerprint density at radius 1 is 1.50 bits per heavy atom. The average Bonchev–Trinajstić information content (AvgIpc) is 2.38. The van der Waals surface area contributed by atoms with Crippen LogP contribution in [0.25, 0.3) is 0 Å². The number of ether oxygens (including phenoxy) is 1. The second-order valence-electron chi connectivity index (χ2n) is 5.36. The Morgan fingerprint density at radius 3 is 2.75 bits per heavy atom. The lowest BCUT2D eigenvalue weighted by Gasteiger charge is -2.35. The third kappa shape index (κ3) is 5.75. The molecule has 3 N–H and O–H groups in total. The highest BCUT2D eigenvalue weighted by Crippen LogP contribution is 2.14. The number of likely N-dealkylation sites (tertiary alicyclic amines) is 1. The first-order valence-electron chi connectivity index (χ1n) is 6.91. The molecule has 0 radical (unpaired) electrons. The number of nitrogens with zero attached hydrogens (tertiary/aromatic N) is 1. The van der Waals surface area contributed by atoms with Crippen LogP contribution in [0.1, 0.15) is 26.2 Å². The number of urea groups is 1. The van der Waals surface area contributed by atoms with Gasteiger partial charge in [-0.05, 0) is 26.8 Å². The molecule has 1 saturated heterocycles. The van der Waals surface area contributed by atoms with Crippen LogP contribution in [0, 0.1) is 0 Å². The molecule has 3 unspecified atom stereocenters. The molecule has 0 bridgehead atoms. The van der Waals surface area contributed by atoms with Gasteiger partial charge in [0.05, 0.1) is 12.5 Å². The van der Waals surface area contributed by atoms with Crippen molar-refractivity contribution in [2.75, 3.05) is 27.2 Å². The highest BCUT2D eigenvalue weighted by Gasteiger charge is 2.24. The van der Waals surface area contributed by atoms with E-state index in [1.165, 1.54) is 7.11 Å². The summed E-state index contributed by atoms with van der Waals surface area (Å²) < 4.78 is 5.00. The van der Waals surface area contributed by atoms with Gasteiger partial charge in [0, 0.05) is 32.3 Å². The third-order valence-corrected chi connectivity index (χ3v) is 3.77. The first kappa shape index (κ1) is 16.7. The zero-order valence-electron chi connectivity index (χ0n) is 12.4. The fraction of sp³-hybridized carbons (Fsp3) is 0.846. The molecular formula is C13H25N3O4. The molecule has 0 aromatic rings. The summed E-state index contributed by atoms with van der Waals surface area (Å²) in [6.45, 7) is 3.29. The fourth-order valence-corrected chi connectivity index (χ4v) is 2.30. The normalized spacial score (nSPS) is 24.9. The molecule has 1 rings (SSSR count). The molecule has 0 aromatic heterocycles. The molecule has 20 heavy (non-hydrogen) atoms. The Hall–Kier alpha value is -1.34. The molecular weight excluding hydrogens is 262 g/mol. The summed E-state index contributed by atoms with van der Waals surface area (Å²) >= 11 is 0. The lowest BCUT2D eigenvalue weighted by atomic mass is 9.99. The van der Waals surface area contributed by atoms with E-state index in [0.717, 1.165) is 19.4 Å². The molecule has 116 valence electrons. The number of nitrogens with one attached hydrogen (secondary N) is 2. The number of carbonyl (C=O) groups excluding carboxylic acids is 1. The quantitative estimate of drug-likeness (QED) is 0.652. The molecule has 2 amide bonds. The first-order valence-corrected chi connectivity index (χ1v) is 6.91. The summed E-state index contributed by atoms with van der Waals surface area (Å²) in [7, 11) is 3.52. The van der Waals surface area contributed by atoms with E-state index in [-0.39, 0.29) is 25.0 Å². The van der Waals surface area contributed by atoms with Crippen molar-refractivity contribution in [2.24, 2.45) is 0 Å². The fourth-order valence-electron chi connectivity index (χ4n) is 2.30. The van der Waals surface area contributed by atoms with E-state index in [1.807, 2.05) is 0 Å². The number of carboxylic acids is 1. The number of amides is 2. The number of carboxylic acid groups (broad SMARTS) is 1. The van der Waals surface area contributed by atoms with E-state index < -0.39 is 12.1 Å². The van der Waals surface area contributed by atoms with Gasteiger partial charge < -0.3 is 25.4 Å². The summed E-state index contributed by atoms with van der Waals surface area (Å²) in [4.78, 5) is 24.6. The van der Waals surface area contributed by atoms with Gasteiger partial charge in [0.1, 0.15) is 0 Å². The zero-order valence-corrected chi connectivity index (χ0v) is 12.4. The standard InChI is InChI=1S/C13H25N3O4/c1-9-6-10(4-5-16(9)2)15-13(19)14-8-11(20-3)7-12(17)18/h9-11H,4-8H2,1-3H3,(H,17,18)(H2,14,15,19). The molecule has 3 atom stereocenters. The van der Waals surface area contributed by atoms with Crippen LogP contribution in [-0.2, 0) is 9.53 Å². The Bertz CT molecular complexity index is 338. The van der Waals surface area contributed by atoms with Crippen molar-refractivity contribution in [3.63, 3.8) is 0 Å². The van der Waals surface area contributed by atoms with Gasteiger partial charge in [-0.25, -0.2) is 4.79 Å². The maximum absolute atomic E-state index is 11.8. The Kier molecular flexibility index (Phi) is 6.74. The minimum absolute atomic E-state index is 0.123. The molecule has 0 aliphatic carbocycles. The molecule has 1 heterocycles. The van der Waals surface area contributed by atoms with Crippen LogP contribution in [0.2, 0.25) is 0 Å². The van der Waals surface area contributed by atoms with Crippen molar-refractivity contribution < 1.29 is 19.4 Å². The first-order chi connectivity index (χ1) is 9.42. The van der Waals surface area contributed by atoms with Gasteiger partial charge in [0.2, 0.25) is 0 Å². The topological polar surface area (TPSA) is 90.9 Å². The van der Waals surface area contributed by atoms with Crippen molar-refractivity contribution in [2.45, 2.75) is 44.4 Å². The number of rotatable bonds is 6. The summed E-state index contributed by atoms with van der Waals surface area (Å²) in [6.07, 6.45) is 1.22. The zero-order chi connectivity index (χ0) is 15.1. The average molecular weight is 287 g/mol. The highest BCUT2D eigenvalue weighted by molar-refractivity contribution is 5.74. The van der Waals surface area contributed by atoms with E-state index in [4.69, 9.17) is 9.84 Å². The van der Waals surface area contributed by atoms with Crippen molar-refractivity contribution >= 4 is 12.0 Å². The molecule has 1 aliphatic heterocycles. The smallest absolute Gasteiger partial charge is 0.315 e. The number of piperidine rings is 1. The Morgan fingerprint density at radius 2 is 2.20 bits per heavy atom. The van der Waals surface area contributed by atoms with Crippen molar-refractivity contribution in [1.29, 1.82) is 0 Å². The SMILES string of the molecule is COC(CNC(=O)NC1CCN(C)C(C)C1)CC(=O)O. The van der Waals surface area contributed by atoms with E-state index in [1.54, 1.807) is 0 Å². The van der Waals surface area contributed by atoms with Gasteiger partial charge in [-0.3, -0.25) is 4.79 Å². The van der Waals surface area contributed by atoms with Crippen molar-refractivity contribution in [3.05, 3.63) is 0 Å². The van der Waals surface area contributed by atoms with Crippen molar-refractivity contribution in [1.82, 2.24) is 15.5 Å². The summed E-state index contributed by atoms with van der Waals surface area (Å²) in [5.74, 6) is -0.941. The van der Waals surface area contributed by atoms with E-state index in [9.17, 15) is 9.59 Å². The largest absolute Gasteiger partial charge is 0.481 e. The van der Waals surface area contributed by atoms with Crippen LogP contribution in [0.15, 0.2) is 0 Å². The summed E-state index contributed by atoms with van der Waals surface area (Å²) in [5, 5.41) is 14.3. The van der Waals surface area contributed by atoms with Crippen LogP contribution < -0.4 is 10.6 Å². The predicted molar refractivity (Wildman–Crippen MR) is 74.7 cm³/mol. The maximum Gasteiger partial charge on any atom is 0.315 e. The molecule has 0 spiro atoms. The molecule has 0 saturated carbocycles. The number of hydrogen-bond donors (Lipinski definition) is 3. The van der Waals surface area contributed by atoms with Gasteiger partial charge in [0.15, 0.2) is 0 Å². The minimum atomic E-state index is -0.941. The van der Waals surface area contributed by atoms with Crippen LogP contribution in [-0.4, -0.2) is 67.4 Å². The molecule has 7 nitrogen and oxygen atoms in total. The van der Waals surface area contributed by atoms with Crippen LogP contribution >= 0.6 is 0 Å². The van der Waals surface area contributed by atoms with Gasteiger partial charge in [0.25, 0.3) is 0 Å². The maximum atomic E-state index is 11.8. The van der Waals surface area contributed by atoms with Gasteiger partial charge in [-0.15, -0.1) is 0 Å². The van der Waals surface area contributed by atoms with E-state index in [2.05, 4.69) is 29.5 Å². The van der Waals surface area contributed by atoms with Crippen molar-refractivity contribution in [3.8, 4) is 0 Å². The summed E-state index contributed by atoms with van der Waals surface area (Å²) in [5.41, 5.74) is 0. The van der Waals surface area contributed by atoms with E-state index in [0.29, 0.717) is 6.04 Å². The van der Waals surface area contributed by atoms with Crippen LogP contribution in [0.5, 0.6) is 0 Å². The van der Waals surface area contributed by atoms with Gasteiger partial charge in [-0.2, -0.15) is 0 Å². The summed E-state index contributed by atoms with van der Waals surface area (Å²) in [6, 6.07) is 0.355. The molecule has 7 heteroatoms. The molecule has 1 fully saturated rings. The van der Waals surface area contributed by atoms with Crippen LogP contribution in [0.3, 0.4) is 0 Å². The Labute approximate surface area is 119 Å². The monoisotopic (exact) mass is 287 g/mol. The van der Waals surface area contributed by atoms with E-state index >= 15 is 0 Å². The molecule has 0 aromatic carbocycles. The van der Waals surface area contributed by atoms with Gasteiger partial charge in [-0.1, -0.05) is 0 Å².